The quantitative estimate of drug-likeness (QED) is 0.529. The second-order valence-electron chi connectivity index (χ2n) is 2.13. The average molecular weight is 118 g/mol. The van der Waals surface area contributed by atoms with Crippen LogP contribution in [0.25, 0.3) is 0 Å². The molecule has 0 spiro atoms. The van der Waals surface area contributed by atoms with E-state index in [-0.39, 0.29) is 0 Å². The molecule has 0 aromatic rings. The maximum Gasteiger partial charge on any atom is 0.00140 e. The van der Waals surface area contributed by atoms with Gasteiger partial charge in [0, 0.05) is 5.25 Å². The van der Waals surface area contributed by atoms with E-state index in [1.165, 1.54) is 6.42 Å². The fourth-order valence-electron chi connectivity index (χ4n) is 0.341. The Morgan fingerprint density at radius 1 is 1.43 bits per heavy atom. The highest BCUT2D eigenvalue weighted by Crippen LogP contribution is 2.11. The molecule has 0 aliphatic carbocycles. The van der Waals surface area contributed by atoms with Crippen LogP contribution in [0, 0.1) is 5.92 Å². The summed E-state index contributed by atoms with van der Waals surface area (Å²) in [5.41, 5.74) is 0. The highest BCUT2D eigenvalue weighted by atomic mass is 32.1. The number of hydrogen-bond acceptors (Lipinski definition) is 1. The van der Waals surface area contributed by atoms with Gasteiger partial charge in [0.2, 0.25) is 0 Å². The first kappa shape index (κ1) is 7.35. The highest BCUT2D eigenvalue weighted by Gasteiger charge is 2.02. The molecule has 0 aliphatic rings. The molecular formula is C6H14S. The largest absolute Gasteiger partial charge is 0.176 e. The molecule has 0 N–H and O–H groups in total. The second-order valence-corrected chi connectivity index (χ2v) is 2.94. The van der Waals surface area contributed by atoms with E-state index in [1.807, 2.05) is 0 Å². The van der Waals surface area contributed by atoms with E-state index >= 15 is 0 Å². The zero-order chi connectivity index (χ0) is 5.86. The maximum atomic E-state index is 4.27. The van der Waals surface area contributed by atoms with Crippen molar-refractivity contribution in [1.82, 2.24) is 0 Å². The van der Waals surface area contributed by atoms with Gasteiger partial charge in [0.15, 0.2) is 0 Å². The molecule has 7 heavy (non-hydrogen) atoms. The van der Waals surface area contributed by atoms with E-state index < -0.39 is 0 Å². The molecular weight excluding hydrogens is 104 g/mol. The second kappa shape index (κ2) is 3.36. The van der Waals surface area contributed by atoms with E-state index in [1.54, 1.807) is 0 Å². The Morgan fingerprint density at radius 2 is 1.86 bits per heavy atom. The smallest absolute Gasteiger partial charge is 0.00140 e. The molecule has 0 amide bonds. The van der Waals surface area contributed by atoms with Crippen molar-refractivity contribution < 1.29 is 0 Å². The van der Waals surface area contributed by atoms with Crippen molar-refractivity contribution in [3.05, 3.63) is 0 Å². The van der Waals surface area contributed by atoms with E-state index in [9.17, 15) is 0 Å². The zero-order valence-corrected chi connectivity index (χ0v) is 6.20. The van der Waals surface area contributed by atoms with Crippen molar-refractivity contribution in [3.63, 3.8) is 0 Å². The third-order valence-corrected chi connectivity index (χ3v) is 1.98. The topological polar surface area (TPSA) is 0 Å². The Morgan fingerprint density at radius 3 is 1.86 bits per heavy atom. The molecule has 1 heteroatoms. The van der Waals surface area contributed by atoms with Gasteiger partial charge in [-0.15, -0.1) is 0 Å². The van der Waals surface area contributed by atoms with Crippen molar-refractivity contribution in [1.29, 1.82) is 0 Å². The number of thiol groups is 1. The van der Waals surface area contributed by atoms with Gasteiger partial charge in [0.25, 0.3) is 0 Å². The molecule has 0 radical (unpaired) electrons. The molecule has 0 aliphatic heterocycles. The first-order chi connectivity index (χ1) is 3.18. The molecule has 0 rings (SSSR count). The lowest BCUT2D eigenvalue weighted by atomic mass is 10.1. The molecule has 0 nitrogen and oxygen atoms in total. The van der Waals surface area contributed by atoms with Gasteiger partial charge >= 0.3 is 0 Å². The molecule has 2 atom stereocenters. The van der Waals surface area contributed by atoms with E-state index in [2.05, 4.69) is 33.4 Å². The minimum absolute atomic E-state index is 0.560. The van der Waals surface area contributed by atoms with Crippen molar-refractivity contribution in [2.75, 3.05) is 0 Å². The van der Waals surface area contributed by atoms with Crippen LogP contribution in [0.4, 0.5) is 0 Å². The normalized spacial score (nSPS) is 18.9. The Labute approximate surface area is 51.7 Å². The molecule has 0 aromatic carbocycles. The van der Waals surface area contributed by atoms with E-state index in [4.69, 9.17) is 0 Å². The van der Waals surface area contributed by atoms with Gasteiger partial charge in [-0.1, -0.05) is 27.2 Å². The number of hydrogen-bond donors (Lipinski definition) is 1. The summed E-state index contributed by atoms with van der Waals surface area (Å²) in [6.45, 7) is 6.55. The molecule has 0 heterocycles. The van der Waals surface area contributed by atoms with Gasteiger partial charge < -0.3 is 0 Å². The minimum Gasteiger partial charge on any atom is -0.176 e. The molecule has 0 fully saturated rings. The van der Waals surface area contributed by atoms with Crippen LogP contribution < -0.4 is 0 Å². The van der Waals surface area contributed by atoms with E-state index in [0.29, 0.717) is 5.25 Å². The van der Waals surface area contributed by atoms with Gasteiger partial charge in [-0.3, -0.25) is 0 Å². The average Bonchev–Trinajstić information content (AvgIpc) is 1.65. The van der Waals surface area contributed by atoms with Crippen LogP contribution in [0.3, 0.4) is 0 Å². The summed E-state index contributed by atoms with van der Waals surface area (Å²) in [5, 5.41) is 0.560. The van der Waals surface area contributed by atoms with Gasteiger partial charge in [0.05, 0.1) is 0 Å². The molecule has 0 bridgehead atoms. The third-order valence-electron chi connectivity index (χ3n) is 1.47. The van der Waals surface area contributed by atoms with Crippen LogP contribution in [-0.2, 0) is 0 Å². The fraction of sp³-hybridized carbons (Fsp3) is 1.00. The lowest BCUT2D eigenvalue weighted by Crippen LogP contribution is -2.04. The molecule has 44 valence electrons. The lowest BCUT2D eigenvalue weighted by molar-refractivity contribution is 0.560. The predicted molar refractivity (Wildman–Crippen MR) is 37.9 cm³/mol. The molecule has 0 saturated heterocycles. The Balaban J connectivity index is 3.14. The van der Waals surface area contributed by atoms with Crippen LogP contribution in [0.5, 0.6) is 0 Å². The van der Waals surface area contributed by atoms with Gasteiger partial charge in [-0.2, -0.15) is 12.6 Å². The van der Waals surface area contributed by atoms with Crippen LogP contribution in [-0.4, -0.2) is 5.25 Å². The summed E-state index contributed by atoms with van der Waals surface area (Å²) in [6.07, 6.45) is 1.24. The summed E-state index contributed by atoms with van der Waals surface area (Å²) < 4.78 is 0. The maximum absolute atomic E-state index is 4.27. The summed E-state index contributed by atoms with van der Waals surface area (Å²) in [5.74, 6) is 0.767. The van der Waals surface area contributed by atoms with Gasteiger partial charge in [-0.05, 0) is 5.92 Å². The molecule has 2 unspecified atom stereocenters. The van der Waals surface area contributed by atoms with Crippen LogP contribution >= 0.6 is 12.6 Å². The van der Waals surface area contributed by atoms with Crippen molar-refractivity contribution >= 4 is 12.6 Å². The first-order valence-electron chi connectivity index (χ1n) is 2.86. The summed E-state index contributed by atoms with van der Waals surface area (Å²) in [4.78, 5) is 0. The van der Waals surface area contributed by atoms with Crippen molar-refractivity contribution in [2.45, 2.75) is 32.4 Å². The van der Waals surface area contributed by atoms with Crippen molar-refractivity contribution in [2.24, 2.45) is 5.92 Å². The van der Waals surface area contributed by atoms with Crippen LogP contribution in [0.1, 0.15) is 27.2 Å². The zero-order valence-electron chi connectivity index (χ0n) is 5.31. The minimum atomic E-state index is 0.560. The highest BCUT2D eigenvalue weighted by molar-refractivity contribution is 7.80. The summed E-state index contributed by atoms with van der Waals surface area (Å²) in [7, 11) is 0. The summed E-state index contributed by atoms with van der Waals surface area (Å²) in [6, 6.07) is 0. The van der Waals surface area contributed by atoms with Gasteiger partial charge in [-0.25, -0.2) is 0 Å². The van der Waals surface area contributed by atoms with E-state index in [0.717, 1.165) is 5.92 Å². The van der Waals surface area contributed by atoms with Crippen LogP contribution in [0.15, 0.2) is 0 Å². The molecule has 0 aromatic heterocycles. The molecule has 0 saturated carbocycles. The van der Waals surface area contributed by atoms with Crippen LogP contribution in [0.2, 0.25) is 0 Å². The monoisotopic (exact) mass is 118 g/mol. The lowest BCUT2D eigenvalue weighted by Gasteiger charge is -2.09. The Kier molecular flexibility index (Phi) is 3.53. The Bertz CT molecular complexity index is 41.4. The Hall–Kier alpha value is 0.350. The third kappa shape index (κ3) is 2.98. The predicted octanol–water partition coefficient (Wildman–Crippen LogP) is 2.35. The number of rotatable bonds is 2. The SMILES string of the molecule is CCC(C)C(C)S. The van der Waals surface area contributed by atoms with Gasteiger partial charge in [0.1, 0.15) is 0 Å². The standard InChI is InChI=1S/C6H14S/c1-4-5(2)6(3)7/h5-7H,4H2,1-3H3. The summed E-state index contributed by atoms with van der Waals surface area (Å²) >= 11 is 4.27. The van der Waals surface area contributed by atoms with Crippen molar-refractivity contribution in [3.8, 4) is 0 Å². The fourth-order valence-corrected chi connectivity index (χ4v) is 0.552. The first-order valence-corrected chi connectivity index (χ1v) is 3.38.